The Morgan fingerprint density at radius 2 is 1.83 bits per heavy atom. The van der Waals surface area contributed by atoms with Crippen molar-refractivity contribution in [1.29, 1.82) is 0 Å². The number of hydrazone groups is 1. The molecule has 0 aromatic heterocycles. The lowest BCUT2D eigenvalue weighted by Crippen LogP contribution is -2.24. The first-order valence-corrected chi connectivity index (χ1v) is 7.84. The minimum Gasteiger partial charge on any atom is -0.493 e. The molecule has 0 atom stereocenters. The fourth-order valence-electron chi connectivity index (χ4n) is 1.82. The summed E-state index contributed by atoms with van der Waals surface area (Å²) in [5.41, 5.74) is 3.17. The van der Waals surface area contributed by atoms with Gasteiger partial charge in [0.25, 0.3) is 5.91 Å². The van der Waals surface area contributed by atoms with E-state index in [1.54, 1.807) is 44.6 Å². The summed E-state index contributed by atoms with van der Waals surface area (Å²) in [6, 6.07) is 12.5. The molecule has 0 spiro atoms. The van der Waals surface area contributed by atoms with Gasteiger partial charge in [-0.15, -0.1) is 0 Å². The molecule has 24 heavy (non-hydrogen) atoms. The van der Waals surface area contributed by atoms with Crippen molar-refractivity contribution in [3.05, 3.63) is 52.5 Å². The molecule has 0 fully saturated rings. The van der Waals surface area contributed by atoms with E-state index in [9.17, 15) is 4.79 Å². The molecule has 1 N–H and O–H groups in total. The Kier molecular flexibility index (Phi) is 6.62. The van der Waals surface area contributed by atoms with Crippen LogP contribution in [0.1, 0.15) is 5.56 Å². The molecule has 6 nitrogen and oxygen atoms in total. The zero-order valence-corrected chi connectivity index (χ0v) is 14.9. The predicted molar refractivity (Wildman–Crippen MR) is 94.9 cm³/mol. The standard InChI is InChI=1S/C17H17BrN2O4/c1-22-15-8-3-12(9-16(15)23-2)10-19-20-17(21)11-24-14-6-4-13(18)5-7-14/h3-10H,11H2,1-2H3,(H,20,21). The zero-order valence-electron chi connectivity index (χ0n) is 13.3. The molecule has 0 saturated carbocycles. The van der Waals surface area contributed by atoms with Crippen LogP contribution in [0.25, 0.3) is 0 Å². The van der Waals surface area contributed by atoms with Crippen LogP contribution in [0, 0.1) is 0 Å². The van der Waals surface area contributed by atoms with E-state index in [1.807, 2.05) is 12.1 Å². The summed E-state index contributed by atoms with van der Waals surface area (Å²) in [6.07, 6.45) is 1.51. The second-order valence-electron chi connectivity index (χ2n) is 4.65. The van der Waals surface area contributed by atoms with Crippen LogP contribution in [0.5, 0.6) is 17.2 Å². The van der Waals surface area contributed by atoms with Gasteiger partial charge in [0.05, 0.1) is 20.4 Å². The minimum absolute atomic E-state index is 0.120. The van der Waals surface area contributed by atoms with E-state index in [-0.39, 0.29) is 12.5 Å². The highest BCUT2D eigenvalue weighted by molar-refractivity contribution is 9.10. The van der Waals surface area contributed by atoms with Crippen LogP contribution in [0.3, 0.4) is 0 Å². The maximum Gasteiger partial charge on any atom is 0.277 e. The maximum absolute atomic E-state index is 11.7. The van der Waals surface area contributed by atoms with E-state index >= 15 is 0 Å². The monoisotopic (exact) mass is 392 g/mol. The number of benzene rings is 2. The first kappa shape index (κ1) is 17.8. The van der Waals surface area contributed by atoms with Crippen molar-refractivity contribution in [2.24, 2.45) is 5.10 Å². The molecule has 0 saturated heterocycles. The number of nitrogens with one attached hydrogen (secondary N) is 1. The van der Waals surface area contributed by atoms with E-state index in [2.05, 4.69) is 26.5 Å². The van der Waals surface area contributed by atoms with Crippen molar-refractivity contribution in [2.75, 3.05) is 20.8 Å². The van der Waals surface area contributed by atoms with Gasteiger partial charge in [0.15, 0.2) is 18.1 Å². The van der Waals surface area contributed by atoms with Crippen molar-refractivity contribution in [3.63, 3.8) is 0 Å². The molecular weight excluding hydrogens is 376 g/mol. The third-order valence-electron chi connectivity index (χ3n) is 2.99. The molecule has 2 aromatic rings. The predicted octanol–water partition coefficient (Wildman–Crippen LogP) is 3.00. The van der Waals surface area contributed by atoms with Gasteiger partial charge in [0, 0.05) is 4.47 Å². The van der Waals surface area contributed by atoms with Crippen molar-refractivity contribution in [3.8, 4) is 17.2 Å². The SMILES string of the molecule is COc1ccc(C=NNC(=O)COc2ccc(Br)cc2)cc1OC. The molecule has 0 bridgehead atoms. The van der Waals surface area contributed by atoms with E-state index in [0.717, 1.165) is 10.0 Å². The molecule has 2 aromatic carbocycles. The van der Waals surface area contributed by atoms with Crippen LogP contribution in [0.4, 0.5) is 0 Å². The number of hydrogen-bond acceptors (Lipinski definition) is 5. The zero-order chi connectivity index (χ0) is 17.4. The van der Waals surface area contributed by atoms with Gasteiger partial charge in [-0.2, -0.15) is 5.10 Å². The molecular formula is C17H17BrN2O4. The van der Waals surface area contributed by atoms with Gasteiger partial charge >= 0.3 is 0 Å². The molecule has 0 unspecified atom stereocenters. The Hall–Kier alpha value is -2.54. The van der Waals surface area contributed by atoms with E-state index in [4.69, 9.17) is 14.2 Å². The first-order valence-electron chi connectivity index (χ1n) is 7.04. The smallest absolute Gasteiger partial charge is 0.277 e. The average Bonchev–Trinajstić information content (AvgIpc) is 2.61. The maximum atomic E-state index is 11.7. The van der Waals surface area contributed by atoms with E-state index in [1.165, 1.54) is 6.21 Å². The Bertz CT molecular complexity index is 717. The molecule has 7 heteroatoms. The number of halogens is 1. The van der Waals surface area contributed by atoms with Gasteiger partial charge in [-0.05, 0) is 48.0 Å². The molecule has 1 amide bonds. The van der Waals surface area contributed by atoms with Crippen LogP contribution in [-0.4, -0.2) is 32.9 Å². The Morgan fingerprint density at radius 1 is 1.12 bits per heavy atom. The highest BCUT2D eigenvalue weighted by Crippen LogP contribution is 2.26. The van der Waals surface area contributed by atoms with Crippen molar-refractivity contribution in [2.45, 2.75) is 0 Å². The lowest BCUT2D eigenvalue weighted by Gasteiger charge is -2.07. The normalized spacial score (nSPS) is 10.5. The first-order chi connectivity index (χ1) is 11.6. The third-order valence-corrected chi connectivity index (χ3v) is 3.52. The van der Waals surface area contributed by atoms with Gasteiger partial charge in [-0.25, -0.2) is 5.43 Å². The number of carbonyl (C=O) groups excluding carboxylic acids is 1. The van der Waals surface area contributed by atoms with Crippen LogP contribution < -0.4 is 19.6 Å². The Labute approximate surface area is 148 Å². The lowest BCUT2D eigenvalue weighted by molar-refractivity contribution is -0.123. The minimum atomic E-state index is -0.352. The fraction of sp³-hybridized carbons (Fsp3) is 0.176. The molecule has 126 valence electrons. The quantitative estimate of drug-likeness (QED) is 0.580. The fourth-order valence-corrected chi connectivity index (χ4v) is 2.09. The third kappa shape index (κ3) is 5.27. The van der Waals surface area contributed by atoms with Gasteiger partial charge in [-0.3, -0.25) is 4.79 Å². The molecule has 0 radical (unpaired) electrons. The van der Waals surface area contributed by atoms with E-state index < -0.39 is 0 Å². The molecule has 0 aliphatic heterocycles. The van der Waals surface area contributed by atoms with Crippen LogP contribution in [0.2, 0.25) is 0 Å². The second kappa shape index (κ2) is 8.93. The molecule has 0 aliphatic carbocycles. The van der Waals surface area contributed by atoms with Gasteiger partial charge in [0.1, 0.15) is 5.75 Å². The summed E-state index contributed by atoms with van der Waals surface area (Å²) >= 11 is 3.33. The summed E-state index contributed by atoms with van der Waals surface area (Å²) in [4.78, 5) is 11.7. The van der Waals surface area contributed by atoms with Crippen molar-refractivity contribution in [1.82, 2.24) is 5.43 Å². The second-order valence-corrected chi connectivity index (χ2v) is 5.57. The number of ether oxygens (including phenoxy) is 3. The van der Waals surface area contributed by atoms with Crippen LogP contribution in [0.15, 0.2) is 52.0 Å². The summed E-state index contributed by atoms with van der Waals surface area (Å²) in [5, 5.41) is 3.89. The molecule has 0 heterocycles. The van der Waals surface area contributed by atoms with Gasteiger partial charge < -0.3 is 14.2 Å². The topological polar surface area (TPSA) is 69.2 Å². The number of rotatable bonds is 7. The average molecular weight is 393 g/mol. The van der Waals surface area contributed by atoms with Crippen LogP contribution >= 0.6 is 15.9 Å². The number of hydrogen-bond donors (Lipinski definition) is 1. The Morgan fingerprint density at radius 3 is 2.50 bits per heavy atom. The lowest BCUT2D eigenvalue weighted by atomic mass is 10.2. The number of nitrogens with zero attached hydrogens (tertiary/aromatic N) is 1. The van der Waals surface area contributed by atoms with Crippen molar-refractivity contribution >= 4 is 28.1 Å². The summed E-state index contributed by atoms with van der Waals surface area (Å²) in [7, 11) is 3.12. The number of methoxy groups -OCH3 is 2. The molecule has 2 rings (SSSR count). The number of carbonyl (C=O) groups is 1. The summed E-state index contributed by atoms with van der Waals surface area (Å²) < 4.78 is 16.7. The summed E-state index contributed by atoms with van der Waals surface area (Å²) in [5.74, 6) is 1.47. The Balaban J connectivity index is 1.84. The van der Waals surface area contributed by atoms with Gasteiger partial charge in [0.2, 0.25) is 0 Å². The molecule has 0 aliphatic rings. The van der Waals surface area contributed by atoms with Gasteiger partial charge in [-0.1, -0.05) is 15.9 Å². The number of amides is 1. The summed E-state index contributed by atoms with van der Waals surface area (Å²) in [6.45, 7) is -0.120. The highest BCUT2D eigenvalue weighted by Gasteiger charge is 2.04. The highest BCUT2D eigenvalue weighted by atomic mass is 79.9. The van der Waals surface area contributed by atoms with Crippen molar-refractivity contribution < 1.29 is 19.0 Å². The van der Waals surface area contributed by atoms with Crippen LogP contribution in [-0.2, 0) is 4.79 Å². The largest absolute Gasteiger partial charge is 0.493 e. The van der Waals surface area contributed by atoms with E-state index in [0.29, 0.717) is 17.2 Å².